The minimum atomic E-state index is -3.70. The third kappa shape index (κ3) is 6.50. The lowest BCUT2D eigenvalue weighted by molar-refractivity contribution is -0.137. The van der Waals surface area contributed by atoms with Crippen LogP contribution in [0.4, 0.5) is 0 Å². The molecule has 0 aliphatic carbocycles. The predicted octanol–water partition coefficient (Wildman–Crippen LogP) is 3.11. The number of sulfonamides is 1. The Bertz CT molecular complexity index is 817. The lowest BCUT2D eigenvalue weighted by atomic mass is 10.0. The van der Waals surface area contributed by atoms with Crippen LogP contribution in [0.15, 0.2) is 54.6 Å². The summed E-state index contributed by atoms with van der Waals surface area (Å²) in [6, 6.07) is 14.7. The third-order valence-electron chi connectivity index (χ3n) is 3.55. The maximum atomic E-state index is 12.4. The van der Waals surface area contributed by atoms with Gasteiger partial charge in [0, 0.05) is 0 Å². The molecule has 6 nitrogen and oxygen atoms in total. The summed E-state index contributed by atoms with van der Waals surface area (Å²) in [6.07, 6.45) is -0.335. The normalized spacial score (nSPS) is 12.7. The highest BCUT2D eigenvalue weighted by Gasteiger charge is 2.22. The van der Waals surface area contributed by atoms with Crippen molar-refractivity contribution in [2.24, 2.45) is 0 Å². The van der Waals surface area contributed by atoms with Gasteiger partial charge in [0.1, 0.15) is 5.75 Å². The Morgan fingerprint density at radius 3 is 2.23 bits per heavy atom. The number of hydrogen-bond acceptors (Lipinski definition) is 4. The second-order valence-electron chi connectivity index (χ2n) is 6.25. The molecule has 0 saturated carbocycles. The number of rotatable bonds is 9. The van der Waals surface area contributed by atoms with Crippen LogP contribution >= 0.6 is 0 Å². The Balaban J connectivity index is 2.17. The van der Waals surface area contributed by atoms with Gasteiger partial charge >= 0.3 is 5.97 Å². The van der Waals surface area contributed by atoms with Gasteiger partial charge in [0.05, 0.1) is 24.3 Å². The van der Waals surface area contributed by atoms with E-state index in [0.29, 0.717) is 16.9 Å². The second kappa shape index (κ2) is 8.82. The molecule has 2 aromatic rings. The number of carboxylic acid groups (broad SMARTS) is 1. The Morgan fingerprint density at radius 1 is 1.08 bits per heavy atom. The molecule has 0 unspecified atom stereocenters. The monoisotopic (exact) mass is 377 g/mol. The van der Waals surface area contributed by atoms with Crippen molar-refractivity contribution in [3.63, 3.8) is 0 Å². The van der Waals surface area contributed by atoms with Crippen LogP contribution in [0.5, 0.6) is 5.75 Å². The van der Waals surface area contributed by atoms with E-state index in [1.54, 1.807) is 54.6 Å². The molecular weight excluding hydrogens is 354 g/mol. The van der Waals surface area contributed by atoms with E-state index in [1.807, 2.05) is 13.8 Å². The molecule has 0 bridgehead atoms. The summed E-state index contributed by atoms with van der Waals surface area (Å²) in [5.41, 5.74) is 1.20. The van der Waals surface area contributed by atoms with Gasteiger partial charge in [-0.3, -0.25) is 4.79 Å². The van der Waals surface area contributed by atoms with Crippen molar-refractivity contribution in [2.75, 3.05) is 0 Å². The van der Waals surface area contributed by atoms with Gasteiger partial charge in [-0.2, -0.15) is 0 Å². The lowest BCUT2D eigenvalue weighted by Crippen LogP contribution is -2.31. The standard InChI is InChI=1S/C19H23NO5S/c1-14(2)25-17-10-8-16(9-11-17)18(12-19(21)22)20-26(23,24)13-15-6-4-3-5-7-15/h3-11,14,18,20H,12-13H2,1-2H3,(H,21,22)/t18-/m0/s1. The van der Waals surface area contributed by atoms with E-state index in [2.05, 4.69) is 4.72 Å². The highest BCUT2D eigenvalue weighted by molar-refractivity contribution is 7.88. The van der Waals surface area contributed by atoms with Crippen LogP contribution in [0.25, 0.3) is 0 Å². The van der Waals surface area contributed by atoms with Crippen LogP contribution < -0.4 is 9.46 Å². The molecule has 2 aromatic carbocycles. The number of ether oxygens (including phenoxy) is 1. The molecule has 0 heterocycles. The van der Waals surface area contributed by atoms with Crippen LogP contribution in [0.2, 0.25) is 0 Å². The summed E-state index contributed by atoms with van der Waals surface area (Å²) in [5.74, 6) is -0.650. The van der Waals surface area contributed by atoms with Crippen LogP contribution in [-0.2, 0) is 20.6 Å². The van der Waals surface area contributed by atoms with Gasteiger partial charge < -0.3 is 9.84 Å². The summed E-state index contributed by atoms with van der Waals surface area (Å²) in [5, 5.41) is 9.15. The van der Waals surface area contributed by atoms with Gasteiger partial charge in [-0.1, -0.05) is 42.5 Å². The van der Waals surface area contributed by atoms with Crippen molar-refractivity contribution in [3.05, 3.63) is 65.7 Å². The minimum Gasteiger partial charge on any atom is -0.491 e. The molecule has 0 fully saturated rings. The van der Waals surface area contributed by atoms with Gasteiger partial charge in [0.25, 0.3) is 0 Å². The van der Waals surface area contributed by atoms with Gasteiger partial charge in [0.2, 0.25) is 10.0 Å². The molecule has 0 radical (unpaired) electrons. The molecule has 2 rings (SSSR count). The van der Waals surface area contributed by atoms with Gasteiger partial charge in [-0.15, -0.1) is 0 Å². The van der Waals surface area contributed by atoms with Gasteiger partial charge in [-0.25, -0.2) is 13.1 Å². The molecule has 2 N–H and O–H groups in total. The molecule has 1 atom stereocenters. The van der Waals surface area contributed by atoms with E-state index >= 15 is 0 Å². The summed E-state index contributed by atoms with van der Waals surface area (Å²) >= 11 is 0. The number of carboxylic acids is 1. The van der Waals surface area contributed by atoms with Crippen molar-refractivity contribution < 1.29 is 23.1 Å². The fraction of sp³-hybridized carbons (Fsp3) is 0.316. The van der Waals surface area contributed by atoms with Crippen molar-refractivity contribution in [1.29, 1.82) is 0 Å². The quantitative estimate of drug-likeness (QED) is 0.700. The summed E-state index contributed by atoms with van der Waals surface area (Å²) in [4.78, 5) is 11.2. The molecule has 26 heavy (non-hydrogen) atoms. The molecule has 0 aliphatic heterocycles. The van der Waals surface area contributed by atoms with E-state index in [9.17, 15) is 13.2 Å². The van der Waals surface area contributed by atoms with E-state index in [4.69, 9.17) is 9.84 Å². The molecule has 0 aromatic heterocycles. The zero-order valence-electron chi connectivity index (χ0n) is 14.8. The first-order valence-corrected chi connectivity index (χ1v) is 9.93. The topological polar surface area (TPSA) is 92.7 Å². The number of hydrogen-bond donors (Lipinski definition) is 2. The Morgan fingerprint density at radius 2 is 1.69 bits per heavy atom. The van der Waals surface area contributed by atoms with E-state index in [1.165, 1.54) is 0 Å². The molecule has 7 heteroatoms. The SMILES string of the molecule is CC(C)Oc1ccc([C@H](CC(=O)O)NS(=O)(=O)Cc2ccccc2)cc1. The lowest BCUT2D eigenvalue weighted by Gasteiger charge is -2.18. The fourth-order valence-electron chi connectivity index (χ4n) is 2.51. The number of benzene rings is 2. The van der Waals surface area contributed by atoms with Crippen LogP contribution in [0, 0.1) is 0 Å². The molecule has 0 spiro atoms. The predicted molar refractivity (Wildman–Crippen MR) is 99.4 cm³/mol. The third-order valence-corrected chi connectivity index (χ3v) is 4.91. The Hall–Kier alpha value is -2.38. The van der Waals surface area contributed by atoms with Crippen molar-refractivity contribution in [3.8, 4) is 5.75 Å². The number of nitrogens with one attached hydrogen (secondary N) is 1. The van der Waals surface area contributed by atoms with E-state index < -0.39 is 22.0 Å². The minimum absolute atomic E-state index is 0.0139. The summed E-state index contributed by atoms with van der Waals surface area (Å²) in [7, 11) is -3.70. The highest BCUT2D eigenvalue weighted by atomic mass is 32.2. The first kappa shape index (κ1) is 19.9. The zero-order valence-corrected chi connectivity index (χ0v) is 15.6. The largest absolute Gasteiger partial charge is 0.491 e. The van der Waals surface area contributed by atoms with Crippen molar-refractivity contribution in [2.45, 2.75) is 38.2 Å². The average molecular weight is 377 g/mol. The van der Waals surface area contributed by atoms with Gasteiger partial charge in [-0.05, 0) is 37.1 Å². The van der Waals surface area contributed by atoms with Gasteiger partial charge in [0.15, 0.2) is 0 Å². The molecule has 140 valence electrons. The number of aliphatic carboxylic acids is 1. The zero-order chi connectivity index (χ0) is 19.2. The Labute approximate surface area is 153 Å². The van der Waals surface area contributed by atoms with E-state index in [-0.39, 0.29) is 18.3 Å². The van der Waals surface area contributed by atoms with E-state index in [0.717, 1.165) is 0 Å². The summed E-state index contributed by atoms with van der Waals surface area (Å²) < 4.78 is 33.0. The molecule has 0 saturated heterocycles. The maximum absolute atomic E-state index is 12.4. The first-order chi connectivity index (χ1) is 12.2. The smallest absolute Gasteiger partial charge is 0.305 e. The van der Waals surface area contributed by atoms with Crippen molar-refractivity contribution in [1.82, 2.24) is 4.72 Å². The van der Waals surface area contributed by atoms with Crippen molar-refractivity contribution >= 4 is 16.0 Å². The second-order valence-corrected chi connectivity index (χ2v) is 8.00. The van der Waals surface area contributed by atoms with Crippen LogP contribution in [0.1, 0.15) is 37.4 Å². The highest BCUT2D eigenvalue weighted by Crippen LogP contribution is 2.22. The molecule has 0 aliphatic rings. The molecule has 0 amide bonds. The number of carbonyl (C=O) groups is 1. The average Bonchev–Trinajstić information content (AvgIpc) is 2.54. The molecular formula is C19H23NO5S. The Kier molecular flexibility index (Phi) is 6.76. The first-order valence-electron chi connectivity index (χ1n) is 8.27. The van der Waals surface area contributed by atoms with Crippen LogP contribution in [0.3, 0.4) is 0 Å². The fourth-order valence-corrected chi connectivity index (χ4v) is 3.87. The maximum Gasteiger partial charge on any atom is 0.305 e. The summed E-state index contributed by atoms with van der Waals surface area (Å²) in [6.45, 7) is 3.80. The van der Waals surface area contributed by atoms with Crippen LogP contribution in [-0.4, -0.2) is 25.6 Å².